The maximum absolute atomic E-state index is 13.6. The molecule has 45 heavy (non-hydrogen) atoms. The zero-order valence-electron chi connectivity index (χ0n) is 24.6. The molecule has 0 radical (unpaired) electrons. The Kier molecular flexibility index (Phi) is 8.59. The summed E-state index contributed by atoms with van der Waals surface area (Å²) in [5, 5.41) is 13.0. The van der Waals surface area contributed by atoms with E-state index >= 15 is 0 Å². The van der Waals surface area contributed by atoms with E-state index in [9.17, 15) is 18.7 Å². The molecule has 1 fully saturated rings. The smallest absolute Gasteiger partial charge is 0.297 e. The molecule has 12 heteroatoms. The van der Waals surface area contributed by atoms with E-state index in [0.29, 0.717) is 30.9 Å². The molecule has 0 bridgehead atoms. The number of anilines is 2. The number of fused-ring (bicyclic) bond motifs is 1. The minimum atomic E-state index is -2.91. The van der Waals surface area contributed by atoms with Crippen molar-refractivity contribution in [3.63, 3.8) is 0 Å². The summed E-state index contributed by atoms with van der Waals surface area (Å²) in [6.45, 7) is 4.00. The molecular formula is C33H31ClF2N6O3. The fourth-order valence-electron chi connectivity index (χ4n) is 5.88. The van der Waals surface area contributed by atoms with Gasteiger partial charge in [0, 0.05) is 48.6 Å². The second-order valence-corrected chi connectivity index (χ2v) is 12.1. The normalized spacial score (nSPS) is 21.7. The second kappa shape index (κ2) is 12.6. The Labute approximate surface area is 263 Å². The molecule has 0 amide bonds. The number of hydrogen-bond donors (Lipinski definition) is 2. The van der Waals surface area contributed by atoms with E-state index in [0.717, 1.165) is 35.4 Å². The van der Waals surface area contributed by atoms with Crippen molar-refractivity contribution in [2.24, 2.45) is 0 Å². The van der Waals surface area contributed by atoms with Crippen LogP contribution in [0.1, 0.15) is 58.7 Å². The molecule has 1 aromatic carbocycles. The summed E-state index contributed by atoms with van der Waals surface area (Å²) in [5.41, 5.74) is 4.51. The standard InChI is InChI=1S/C33H31ClF2N6O3/c1-33(34)24(7-4-8-25(33)26-10-9-21(32(40-26)45-2)16-42-12-11-23(44)17-42)20-5-3-6-22(14-20)38-30-28-27(13-19(18-43)15-37-28)39-31(41-30)29(35)36/h3-10,13-15,18,23,25,29,44H,11-12,16-17H2,1-2H3,(H,38,39,41)/t23?,25?,33-/m1/s1. The summed E-state index contributed by atoms with van der Waals surface area (Å²) < 4.78 is 33.0. The summed E-state index contributed by atoms with van der Waals surface area (Å²) in [5.74, 6) is -0.350. The number of alkyl halides is 3. The van der Waals surface area contributed by atoms with E-state index in [-0.39, 0.29) is 34.4 Å². The number of allylic oxidation sites excluding steroid dienone is 4. The number of carbonyl (C=O) groups is 1. The van der Waals surface area contributed by atoms with Gasteiger partial charge in [0.2, 0.25) is 5.88 Å². The molecule has 9 nitrogen and oxygen atoms in total. The van der Waals surface area contributed by atoms with E-state index in [2.05, 4.69) is 25.2 Å². The van der Waals surface area contributed by atoms with E-state index in [1.807, 2.05) is 55.5 Å². The molecule has 4 heterocycles. The largest absolute Gasteiger partial charge is 0.481 e. The third kappa shape index (κ3) is 6.28. The number of hydrogen-bond acceptors (Lipinski definition) is 9. The number of benzene rings is 1. The van der Waals surface area contributed by atoms with E-state index in [1.165, 1.54) is 12.3 Å². The molecule has 232 valence electrons. The lowest BCUT2D eigenvalue weighted by molar-refractivity contribution is 0.112. The van der Waals surface area contributed by atoms with Crippen LogP contribution in [0.15, 0.2) is 66.9 Å². The van der Waals surface area contributed by atoms with Gasteiger partial charge >= 0.3 is 0 Å². The van der Waals surface area contributed by atoms with Gasteiger partial charge in [-0.2, -0.15) is 0 Å². The molecule has 1 aliphatic carbocycles. The summed E-state index contributed by atoms with van der Waals surface area (Å²) in [6.07, 6.45) is 5.35. The topological polar surface area (TPSA) is 113 Å². The van der Waals surface area contributed by atoms with Crippen LogP contribution in [0.4, 0.5) is 20.3 Å². The first kappa shape index (κ1) is 30.7. The van der Waals surface area contributed by atoms with Gasteiger partial charge in [-0.15, -0.1) is 11.6 Å². The van der Waals surface area contributed by atoms with Crippen LogP contribution in [0.25, 0.3) is 16.6 Å². The number of pyridine rings is 2. The molecule has 2 aliphatic rings. The molecule has 3 aromatic heterocycles. The number of aldehydes is 1. The van der Waals surface area contributed by atoms with E-state index < -0.39 is 17.1 Å². The average Bonchev–Trinajstić information content (AvgIpc) is 3.44. The maximum Gasteiger partial charge on any atom is 0.297 e. The Morgan fingerprint density at radius 3 is 2.80 bits per heavy atom. The van der Waals surface area contributed by atoms with Gasteiger partial charge in [0.1, 0.15) is 5.52 Å². The highest BCUT2D eigenvalue weighted by Crippen LogP contribution is 2.47. The van der Waals surface area contributed by atoms with Gasteiger partial charge in [0.15, 0.2) is 17.9 Å². The molecule has 6 rings (SSSR count). The third-order valence-electron chi connectivity index (χ3n) is 8.13. The van der Waals surface area contributed by atoms with Crippen molar-refractivity contribution in [2.75, 3.05) is 25.5 Å². The van der Waals surface area contributed by atoms with Crippen LogP contribution in [0.3, 0.4) is 0 Å². The lowest BCUT2D eigenvalue weighted by Gasteiger charge is -2.35. The summed E-state index contributed by atoms with van der Waals surface area (Å²) in [4.78, 5) is 29.5. The Bertz CT molecular complexity index is 1820. The number of methoxy groups -OCH3 is 1. The first-order chi connectivity index (χ1) is 21.7. The predicted octanol–water partition coefficient (Wildman–Crippen LogP) is 6.22. The summed E-state index contributed by atoms with van der Waals surface area (Å²) in [7, 11) is 1.59. The fraction of sp³-hybridized carbons (Fsp3) is 0.303. The SMILES string of the molecule is COc1nc(C2C=CC=C(c3cccc(Nc4nc(C(F)F)nc5cc(C=O)cnc45)c3)[C@@]2(C)Cl)ccc1CN1CCC(O)C1. The van der Waals surface area contributed by atoms with Crippen LogP contribution in [-0.2, 0) is 6.54 Å². The molecule has 0 saturated carbocycles. The van der Waals surface area contributed by atoms with Gasteiger partial charge < -0.3 is 15.2 Å². The number of carbonyl (C=O) groups excluding carboxylic acids is 1. The third-order valence-corrected chi connectivity index (χ3v) is 8.57. The lowest BCUT2D eigenvalue weighted by atomic mass is 9.77. The molecule has 3 atom stereocenters. The summed E-state index contributed by atoms with van der Waals surface area (Å²) >= 11 is 7.34. The molecule has 1 saturated heterocycles. The molecule has 1 aliphatic heterocycles. The number of nitrogens with one attached hydrogen (secondary N) is 1. The van der Waals surface area contributed by atoms with Crippen LogP contribution < -0.4 is 10.1 Å². The summed E-state index contributed by atoms with van der Waals surface area (Å²) in [6, 6.07) is 12.8. The van der Waals surface area contributed by atoms with Crippen molar-refractivity contribution in [1.82, 2.24) is 24.8 Å². The maximum atomic E-state index is 13.6. The number of nitrogens with zero attached hydrogens (tertiary/aromatic N) is 5. The number of aliphatic hydroxyl groups excluding tert-OH is 1. The monoisotopic (exact) mass is 632 g/mol. The Morgan fingerprint density at radius 2 is 2.07 bits per heavy atom. The van der Waals surface area contributed by atoms with Crippen molar-refractivity contribution in [3.8, 4) is 5.88 Å². The Balaban J connectivity index is 1.28. The molecule has 4 aromatic rings. The van der Waals surface area contributed by atoms with Crippen molar-refractivity contribution < 1.29 is 23.4 Å². The van der Waals surface area contributed by atoms with Crippen LogP contribution in [0, 0.1) is 0 Å². The molecular weight excluding hydrogens is 602 g/mol. The van der Waals surface area contributed by atoms with Crippen molar-refractivity contribution in [3.05, 3.63) is 95.1 Å². The van der Waals surface area contributed by atoms with Gasteiger partial charge in [-0.1, -0.05) is 36.4 Å². The zero-order chi connectivity index (χ0) is 31.7. The minimum Gasteiger partial charge on any atom is -0.481 e. The van der Waals surface area contributed by atoms with Gasteiger partial charge in [0.05, 0.1) is 29.3 Å². The van der Waals surface area contributed by atoms with Crippen LogP contribution in [-0.4, -0.2) is 67.4 Å². The fourth-order valence-corrected chi connectivity index (χ4v) is 6.24. The van der Waals surface area contributed by atoms with Crippen molar-refractivity contribution >= 4 is 46.0 Å². The highest BCUT2D eigenvalue weighted by molar-refractivity contribution is 6.31. The number of likely N-dealkylation sites (tertiary alicyclic amines) is 1. The predicted molar refractivity (Wildman–Crippen MR) is 168 cm³/mol. The number of aliphatic hydroxyl groups is 1. The molecule has 0 spiro atoms. The number of rotatable bonds is 9. The van der Waals surface area contributed by atoms with Crippen LogP contribution in [0.5, 0.6) is 5.88 Å². The van der Waals surface area contributed by atoms with Gasteiger partial charge in [-0.3, -0.25) is 9.69 Å². The zero-order valence-corrected chi connectivity index (χ0v) is 25.4. The average molecular weight is 633 g/mol. The molecule has 2 N–H and O–H groups in total. The first-order valence-corrected chi connectivity index (χ1v) is 14.8. The molecule has 2 unspecified atom stereocenters. The Hall–Kier alpha value is -4.32. The highest BCUT2D eigenvalue weighted by atomic mass is 35.5. The quantitative estimate of drug-likeness (QED) is 0.164. The minimum absolute atomic E-state index is 0.0914. The van der Waals surface area contributed by atoms with Crippen molar-refractivity contribution in [2.45, 2.75) is 43.2 Å². The number of β-amino-alcohol motifs (C(OH)–C–C–N with tert-alkyl or cyclic N) is 1. The highest BCUT2D eigenvalue weighted by Gasteiger charge is 2.39. The lowest BCUT2D eigenvalue weighted by Crippen LogP contribution is -2.30. The van der Waals surface area contributed by atoms with E-state index in [1.54, 1.807) is 13.2 Å². The van der Waals surface area contributed by atoms with Gasteiger partial charge in [0.25, 0.3) is 6.43 Å². The van der Waals surface area contributed by atoms with Crippen LogP contribution in [0.2, 0.25) is 0 Å². The first-order valence-electron chi connectivity index (χ1n) is 14.5. The second-order valence-electron chi connectivity index (χ2n) is 11.3. The van der Waals surface area contributed by atoms with E-state index in [4.69, 9.17) is 21.3 Å². The number of ether oxygens (including phenoxy) is 1. The number of aromatic nitrogens is 4. The van der Waals surface area contributed by atoms with Gasteiger partial charge in [-0.25, -0.2) is 28.7 Å². The van der Waals surface area contributed by atoms with Gasteiger partial charge in [-0.05, 0) is 48.7 Å². The Morgan fingerprint density at radius 1 is 1.22 bits per heavy atom. The van der Waals surface area contributed by atoms with Crippen molar-refractivity contribution in [1.29, 1.82) is 0 Å². The number of halogens is 3. The van der Waals surface area contributed by atoms with Crippen LogP contribution >= 0.6 is 11.6 Å².